The number of ether oxygens (including phenoxy) is 1. The van der Waals surface area contributed by atoms with Gasteiger partial charge < -0.3 is 9.72 Å². The van der Waals surface area contributed by atoms with Gasteiger partial charge in [-0.05, 0) is 24.5 Å². The van der Waals surface area contributed by atoms with Crippen molar-refractivity contribution in [2.24, 2.45) is 13.0 Å². The summed E-state index contributed by atoms with van der Waals surface area (Å²) >= 11 is 0. The third-order valence-electron chi connectivity index (χ3n) is 4.67. The molecule has 0 bridgehead atoms. The van der Waals surface area contributed by atoms with Gasteiger partial charge in [-0.2, -0.15) is 0 Å². The number of nitrogens with zero attached hydrogens (tertiary/aromatic N) is 3. The van der Waals surface area contributed by atoms with Crippen molar-refractivity contribution < 1.29 is 4.74 Å². The number of H-pyrrole nitrogens is 1. The number of hydrogen-bond donors (Lipinski definition) is 1. The number of rotatable bonds is 8. The molecule has 0 amide bonds. The third-order valence-corrected chi connectivity index (χ3v) is 4.67. The van der Waals surface area contributed by atoms with E-state index >= 15 is 0 Å². The van der Waals surface area contributed by atoms with Gasteiger partial charge >= 0.3 is 5.69 Å². The molecule has 0 aliphatic carbocycles. The van der Waals surface area contributed by atoms with Crippen LogP contribution in [0, 0.1) is 5.92 Å². The fourth-order valence-corrected chi connectivity index (χ4v) is 3.21. The minimum absolute atomic E-state index is 0.243. The van der Waals surface area contributed by atoms with E-state index in [-0.39, 0.29) is 17.2 Å². The van der Waals surface area contributed by atoms with Crippen molar-refractivity contribution in [1.82, 2.24) is 19.1 Å². The van der Waals surface area contributed by atoms with E-state index in [4.69, 9.17) is 4.74 Å². The zero-order valence-corrected chi connectivity index (χ0v) is 17.0. The van der Waals surface area contributed by atoms with E-state index in [2.05, 4.69) is 16.9 Å². The zero-order valence-electron chi connectivity index (χ0n) is 17.0. The molecule has 2 heterocycles. The van der Waals surface area contributed by atoms with Crippen LogP contribution in [-0.4, -0.2) is 25.7 Å². The predicted octanol–water partition coefficient (Wildman–Crippen LogP) is 3.32. The van der Waals surface area contributed by atoms with Crippen molar-refractivity contribution in [3.63, 3.8) is 0 Å². The topological polar surface area (TPSA) is 81.9 Å². The van der Waals surface area contributed by atoms with Crippen LogP contribution < -0.4 is 16.0 Å². The normalized spacial score (nSPS) is 11.5. The lowest BCUT2D eigenvalue weighted by Crippen LogP contribution is -2.38. The Hall–Kier alpha value is -2.83. The lowest BCUT2D eigenvalue weighted by Gasteiger charge is -2.10. The van der Waals surface area contributed by atoms with Crippen LogP contribution in [0.3, 0.4) is 0 Å². The van der Waals surface area contributed by atoms with Crippen molar-refractivity contribution in [3.8, 4) is 17.1 Å². The van der Waals surface area contributed by atoms with E-state index < -0.39 is 0 Å². The van der Waals surface area contributed by atoms with Gasteiger partial charge in [0, 0.05) is 13.6 Å². The van der Waals surface area contributed by atoms with Crippen LogP contribution in [0.2, 0.25) is 0 Å². The molecular weight excluding hydrogens is 356 g/mol. The highest BCUT2D eigenvalue weighted by Gasteiger charge is 2.18. The first-order chi connectivity index (χ1) is 13.4. The fraction of sp³-hybridized carbons (Fsp3) is 0.476. The molecule has 0 aliphatic heterocycles. The fourth-order valence-electron chi connectivity index (χ4n) is 3.21. The Morgan fingerprint density at radius 2 is 1.93 bits per heavy atom. The minimum atomic E-state index is -0.375. The van der Waals surface area contributed by atoms with Crippen molar-refractivity contribution in [2.45, 2.75) is 46.6 Å². The molecule has 0 fully saturated rings. The highest BCUT2D eigenvalue weighted by atomic mass is 16.5. The molecule has 0 saturated heterocycles. The number of fused-ring (bicyclic) bond motifs is 1. The molecule has 7 nitrogen and oxygen atoms in total. The van der Waals surface area contributed by atoms with E-state index in [0.29, 0.717) is 35.9 Å². The third kappa shape index (κ3) is 3.88. The number of aromatic nitrogens is 4. The highest BCUT2D eigenvalue weighted by molar-refractivity contribution is 5.77. The molecule has 0 atom stereocenters. The lowest BCUT2D eigenvalue weighted by molar-refractivity contribution is 0.307. The van der Waals surface area contributed by atoms with E-state index in [1.807, 2.05) is 38.1 Å². The maximum Gasteiger partial charge on any atom is 0.332 e. The zero-order chi connectivity index (χ0) is 20.3. The van der Waals surface area contributed by atoms with Crippen LogP contribution in [0.25, 0.3) is 22.6 Å². The molecule has 0 spiro atoms. The van der Waals surface area contributed by atoms with Crippen molar-refractivity contribution in [1.29, 1.82) is 0 Å². The van der Waals surface area contributed by atoms with Crippen LogP contribution >= 0.6 is 0 Å². The first-order valence-corrected chi connectivity index (χ1v) is 9.85. The Bertz CT molecular complexity index is 1080. The van der Waals surface area contributed by atoms with Gasteiger partial charge in [0.1, 0.15) is 17.1 Å². The molecule has 3 rings (SSSR count). The molecule has 0 unspecified atom stereocenters. The summed E-state index contributed by atoms with van der Waals surface area (Å²) in [5.41, 5.74) is 0.769. The summed E-state index contributed by atoms with van der Waals surface area (Å²) in [5, 5.41) is 0. The van der Waals surface area contributed by atoms with Crippen molar-refractivity contribution in [2.75, 3.05) is 6.61 Å². The number of unbranched alkanes of at least 4 members (excludes halogenated alkanes) is 2. The summed E-state index contributed by atoms with van der Waals surface area (Å²) < 4.78 is 8.64. The summed E-state index contributed by atoms with van der Waals surface area (Å²) in [7, 11) is 1.49. The van der Waals surface area contributed by atoms with E-state index in [9.17, 15) is 9.59 Å². The summed E-state index contributed by atoms with van der Waals surface area (Å²) in [5.74, 6) is 1.49. The molecule has 1 N–H and O–H groups in total. The van der Waals surface area contributed by atoms with Crippen LogP contribution in [-0.2, 0) is 13.6 Å². The van der Waals surface area contributed by atoms with Gasteiger partial charge in [0.05, 0.1) is 12.2 Å². The van der Waals surface area contributed by atoms with Gasteiger partial charge in [0.2, 0.25) is 0 Å². The Morgan fingerprint density at radius 3 is 2.64 bits per heavy atom. The molecule has 2 aromatic heterocycles. The Morgan fingerprint density at radius 1 is 1.18 bits per heavy atom. The highest BCUT2D eigenvalue weighted by Crippen LogP contribution is 2.29. The molecule has 0 saturated carbocycles. The van der Waals surface area contributed by atoms with E-state index in [1.54, 1.807) is 4.57 Å². The molecule has 1 aromatic carbocycles. The number of para-hydroxylation sites is 1. The van der Waals surface area contributed by atoms with Crippen molar-refractivity contribution in [3.05, 3.63) is 45.1 Å². The Labute approximate surface area is 164 Å². The molecule has 28 heavy (non-hydrogen) atoms. The number of imidazole rings is 1. The summed E-state index contributed by atoms with van der Waals surface area (Å²) in [6, 6.07) is 7.62. The van der Waals surface area contributed by atoms with Gasteiger partial charge in [-0.1, -0.05) is 45.7 Å². The van der Waals surface area contributed by atoms with E-state index in [0.717, 1.165) is 29.4 Å². The van der Waals surface area contributed by atoms with Crippen LogP contribution in [0.15, 0.2) is 33.9 Å². The Kier molecular flexibility index (Phi) is 6.02. The number of aromatic amines is 1. The monoisotopic (exact) mass is 384 g/mol. The summed E-state index contributed by atoms with van der Waals surface area (Å²) in [4.78, 5) is 32.9. The molecule has 3 aromatic rings. The van der Waals surface area contributed by atoms with Crippen LogP contribution in [0.5, 0.6) is 5.75 Å². The number of hydrogen-bond acceptors (Lipinski definition) is 4. The molecule has 0 radical (unpaired) electrons. The van der Waals surface area contributed by atoms with Gasteiger partial charge in [0.15, 0.2) is 5.65 Å². The first-order valence-electron chi connectivity index (χ1n) is 9.85. The maximum absolute atomic E-state index is 12.6. The second-order valence-electron chi connectivity index (χ2n) is 7.49. The lowest BCUT2D eigenvalue weighted by atomic mass is 10.2. The second-order valence-corrected chi connectivity index (χ2v) is 7.49. The van der Waals surface area contributed by atoms with Gasteiger partial charge in [-0.15, -0.1) is 0 Å². The van der Waals surface area contributed by atoms with Crippen molar-refractivity contribution >= 4 is 11.2 Å². The smallest absolute Gasteiger partial charge is 0.332 e. The molecule has 150 valence electrons. The average Bonchev–Trinajstić information content (AvgIpc) is 3.12. The van der Waals surface area contributed by atoms with Gasteiger partial charge in [0.25, 0.3) is 5.56 Å². The standard InChI is InChI=1S/C21H28N4O3/c1-5-6-9-12-28-16-11-8-7-10-15(16)18-22-17-19(23-18)25(13-14(2)3)21(27)24(4)20(17)26/h7-8,10-11,14H,5-6,9,12-13H2,1-4H3,(H,22,23). The average molecular weight is 384 g/mol. The minimum Gasteiger partial charge on any atom is -0.493 e. The summed E-state index contributed by atoms with van der Waals surface area (Å²) in [6.07, 6.45) is 3.23. The Balaban J connectivity index is 2.10. The number of benzene rings is 1. The van der Waals surface area contributed by atoms with Crippen LogP contribution in [0.4, 0.5) is 0 Å². The first kappa shape index (κ1) is 19.9. The summed E-state index contributed by atoms with van der Waals surface area (Å²) in [6.45, 7) is 7.32. The quantitative estimate of drug-likeness (QED) is 0.604. The predicted molar refractivity (Wildman–Crippen MR) is 111 cm³/mol. The second kappa shape index (κ2) is 8.46. The largest absolute Gasteiger partial charge is 0.493 e. The molecule has 7 heteroatoms. The maximum atomic E-state index is 12.6. The van der Waals surface area contributed by atoms with Crippen LogP contribution in [0.1, 0.15) is 40.0 Å². The van der Waals surface area contributed by atoms with Gasteiger partial charge in [-0.25, -0.2) is 9.78 Å². The number of nitrogens with one attached hydrogen (secondary N) is 1. The van der Waals surface area contributed by atoms with Gasteiger partial charge in [-0.3, -0.25) is 13.9 Å². The SMILES string of the molecule is CCCCCOc1ccccc1-c1nc2c([nH]1)c(=O)n(C)c(=O)n2CC(C)C. The van der Waals surface area contributed by atoms with E-state index in [1.165, 1.54) is 7.05 Å². The molecule has 0 aliphatic rings. The molecular formula is C21H28N4O3.